The van der Waals surface area contributed by atoms with Crippen LogP contribution in [-0.4, -0.2) is 48.7 Å². The largest absolute Gasteiger partial charge is 0.371 e. The first kappa shape index (κ1) is 19.6. The van der Waals surface area contributed by atoms with Crippen molar-refractivity contribution < 1.29 is 19.2 Å². The predicted molar refractivity (Wildman–Crippen MR) is 97.7 cm³/mol. The van der Waals surface area contributed by atoms with Crippen LogP contribution in [0.4, 0.5) is 5.69 Å². The van der Waals surface area contributed by atoms with Crippen molar-refractivity contribution in [3.8, 4) is 0 Å². The molecule has 1 aliphatic heterocycles. The molecule has 1 aromatic rings. The van der Waals surface area contributed by atoms with Gasteiger partial charge in [-0.05, 0) is 43.9 Å². The second kappa shape index (κ2) is 8.60. The number of carbonyl (C=O) groups is 4. The monoisotopic (exact) mass is 359 g/mol. The van der Waals surface area contributed by atoms with Crippen molar-refractivity contribution in [3.63, 3.8) is 0 Å². The van der Waals surface area contributed by atoms with E-state index in [1.807, 2.05) is 30.4 Å². The number of anilines is 1. The molecule has 2 rings (SSSR count). The molecule has 7 heteroatoms. The summed E-state index contributed by atoms with van der Waals surface area (Å²) in [5.74, 6) is -0.175. The van der Waals surface area contributed by atoms with Crippen LogP contribution in [-0.2, 0) is 14.4 Å². The lowest BCUT2D eigenvalue weighted by molar-refractivity contribution is -0.126. The summed E-state index contributed by atoms with van der Waals surface area (Å²) in [6.07, 6.45) is 1.17. The maximum Gasteiger partial charge on any atom is 0.260 e. The summed E-state index contributed by atoms with van der Waals surface area (Å²) in [7, 11) is 0. The molecule has 0 spiro atoms. The van der Waals surface area contributed by atoms with Crippen LogP contribution in [0, 0.1) is 12.8 Å². The van der Waals surface area contributed by atoms with E-state index >= 15 is 0 Å². The topological polar surface area (TPSA) is 86.8 Å². The first-order valence-corrected chi connectivity index (χ1v) is 8.74. The molecular weight excluding hydrogens is 334 g/mol. The van der Waals surface area contributed by atoms with E-state index in [-0.39, 0.29) is 18.7 Å². The zero-order chi connectivity index (χ0) is 19.3. The number of hydrogen-bond acceptors (Lipinski definition) is 5. The Morgan fingerprint density at radius 1 is 1.35 bits per heavy atom. The molecule has 1 aromatic carbocycles. The Morgan fingerprint density at radius 2 is 2.04 bits per heavy atom. The molecule has 0 bridgehead atoms. The minimum Gasteiger partial charge on any atom is -0.371 e. The van der Waals surface area contributed by atoms with Gasteiger partial charge in [0.1, 0.15) is 0 Å². The molecule has 26 heavy (non-hydrogen) atoms. The summed E-state index contributed by atoms with van der Waals surface area (Å²) in [4.78, 5) is 49.3. The van der Waals surface area contributed by atoms with Crippen LogP contribution in [0.5, 0.6) is 0 Å². The predicted octanol–water partition coefficient (Wildman–Crippen LogP) is 1.49. The third-order valence-electron chi connectivity index (χ3n) is 4.71. The number of nitrogens with one attached hydrogen (secondary N) is 1. The zero-order valence-electron chi connectivity index (χ0n) is 15.4. The number of hydrogen-bond donors (Lipinski definition) is 1. The fourth-order valence-electron chi connectivity index (χ4n) is 3.05. The van der Waals surface area contributed by atoms with Gasteiger partial charge >= 0.3 is 0 Å². The van der Waals surface area contributed by atoms with Gasteiger partial charge in [-0.25, -0.2) is 0 Å². The van der Waals surface area contributed by atoms with Gasteiger partial charge in [0.15, 0.2) is 0 Å². The molecule has 0 aliphatic carbocycles. The maximum absolute atomic E-state index is 12.9. The summed E-state index contributed by atoms with van der Waals surface area (Å²) >= 11 is 0. The highest BCUT2D eigenvalue weighted by molar-refractivity contribution is 6.02. The lowest BCUT2D eigenvalue weighted by atomic mass is 9.99. The molecule has 4 amide bonds. The summed E-state index contributed by atoms with van der Waals surface area (Å²) in [5.41, 5.74) is 2.25. The van der Waals surface area contributed by atoms with E-state index in [1.165, 1.54) is 0 Å². The molecular formula is C19H25N3O4. The van der Waals surface area contributed by atoms with Crippen molar-refractivity contribution in [2.45, 2.75) is 39.7 Å². The highest BCUT2D eigenvalue weighted by Gasteiger charge is 2.26. The number of aryl methyl sites for hydroxylation is 1. The number of imide groups is 2. The van der Waals surface area contributed by atoms with Gasteiger partial charge < -0.3 is 4.90 Å². The van der Waals surface area contributed by atoms with Crippen molar-refractivity contribution >= 4 is 30.3 Å². The molecule has 140 valence electrons. The van der Waals surface area contributed by atoms with Gasteiger partial charge in [0.05, 0.1) is 0 Å². The normalized spacial score (nSPS) is 15.0. The van der Waals surface area contributed by atoms with E-state index in [0.717, 1.165) is 29.2 Å². The Bertz CT molecular complexity index is 698. The Labute approximate surface area is 153 Å². The number of amides is 4. The number of rotatable bonds is 8. The number of carbonyl (C=O) groups excluding carboxylic acids is 4. The van der Waals surface area contributed by atoms with E-state index in [0.29, 0.717) is 24.3 Å². The van der Waals surface area contributed by atoms with Gasteiger partial charge in [-0.2, -0.15) is 0 Å². The molecule has 0 saturated carbocycles. The fourth-order valence-corrected chi connectivity index (χ4v) is 3.05. The van der Waals surface area contributed by atoms with Crippen molar-refractivity contribution in [2.75, 3.05) is 18.0 Å². The third-order valence-corrected chi connectivity index (χ3v) is 4.71. The van der Waals surface area contributed by atoms with Crippen LogP contribution >= 0.6 is 0 Å². The van der Waals surface area contributed by atoms with Gasteiger partial charge in [-0.1, -0.05) is 13.0 Å². The van der Waals surface area contributed by atoms with Gasteiger partial charge in [0.25, 0.3) is 5.91 Å². The summed E-state index contributed by atoms with van der Waals surface area (Å²) in [5, 5.41) is 2.05. The number of benzene rings is 1. The Morgan fingerprint density at radius 3 is 2.62 bits per heavy atom. The smallest absolute Gasteiger partial charge is 0.260 e. The molecule has 1 unspecified atom stereocenters. The summed E-state index contributed by atoms with van der Waals surface area (Å²) < 4.78 is 0. The fraction of sp³-hybridized carbons (Fsp3) is 0.474. The van der Waals surface area contributed by atoms with Crippen molar-refractivity contribution in [1.29, 1.82) is 0 Å². The van der Waals surface area contributed by atoms with Crippen LogP contribution < -0.4 is 10.2 Å². The maximum atomic E-state index is 12.9. The molecule has 1 heterocycles. The summed E-state index contributed by atoms with van der Waals surface area (Å²) in [6.45, 7) is 7.62. The highest BCUT2D eigenvalue weighted by atomic mass is 16.2. The molecule has 0 aromatic heterocycles. The van der Waals surface area contributed by atoms with Crippen LogP contribution in [0.15, 0.2) is 18.2 Å². The van der Waals surface area contributed by atoms with Crippen molar-refractivity contribution in [3.05, 3.63) is 29.3 Å². The first-order valence-electron chi connectivity index (χ1n) is 8.74. The average molecular weight is 359 g/mol. The van der Waals surface area contributed by atoms with Gasteiger partial charge in [0, 0.05) is 36.8 Å². The van der Waals surface area contributed by atoms with Crippen LogP contribution in [0.25, 0.3) is 0 Å². The molecule has 7 nitrogen and oxygen atoms in total. The molecule has 0 radical (unpaired) electrons. The minimum atomic E-state index is -0.454. The van der Waals surface area contributed by atoms with Crippen LogP contribution in [0.2, 0.25) is 0 Å². The Hall–Kier alpha value is -2.70. The summed E-state index contributed by atoms with van der Waals surface area (Å²) in [6, 6.07) is 5.24. The SMILES string of the molecule is Cc1ccc(N2CC(C)C2)cc1C(=O)N(C=O)C(C)CCC(=O)NC=O. The Balaban J connectivity index is 2.11. The third kappa shape index (κ3) is 4.47. The number of nitrogens with zero attached hydrogens (tertiary/aromatic N) is 2. The standard InChI is InChI=1S/C19H25N3O4/c1-13-9-21(10-13)16-6-4-14(2)17(8-16)19(26)22(12-24)15(3)5-7-18(25)20-11-23/h4,6,8,11-13,15H,5,7,9-10H2,1-3H3,(H,20,23,25). The van der Waals surface area contributed by atoms with E-state index in [2.05, 4.69) is 11.8 Å². The lowest BCUT2D eigenvalue weighted by Crippen LogP contribution is -2.45. The quantitative estimate of drug-likeness (QED) is 0.711. The Kier molecular flexibility index (Phi) is 6.49. The van der Waals surface area contributed by atoms with E-state index < -0.39 is 11.9 Å². The average Bonchev–Trinajstić information content (AvgIpc) is 2.58. The minimum absolute atomic E-state index is 0.0578. The molecule has 1 saturated heterocycles. The van der Waals surface area contributed by atoms with Gasteiger partial charge in [-0.15, -0.1) is 0 Å². The molecule has 1 aliphatic rings. The zero-order valence-corrected chi connectivity index (χ0v) is 15.4. The first-order chi connectivity index (χ1) is 12.4. The van der Waals surface area contributed by atoms with Gasteiger partial charge in [0.2, 0.25) is 18.7 Å². The van der Waals surface area contributed by atoms with Crippen molar-refractivity contribution in [2.24, 2.45) is 5.92 Å². The highest BCUT2D eigenvalue weighted by Crippen LogP contribution is 2.27. The van der Waals surface area contributed by atoms with E-state index in [1.54, 1.807) is 6.92 Å². The lowest BCUT2D eigenvalue weighted by Gasteiger charge is -2.39. The van der Waals surface area contributed by atoms with Gasteiger partial charge in [-0.3, -0.25) is 29.4 Å². The molecule has 1 fully saturated rings. The molecule has 1 N–H and O–H groups in total. The second-order valence-corrected chi connectivity index (χ2v) is 6.90. The van der Waals surface area contributed by atoms with E-state index in [9.17, 15) is 19.2 Å². The molecule has 1 atom stereocenters. The van der Waals surface area contributed by atoms with Crippen molar-refractivity contribution in [1.82, 2.24) is 10.2 Å². The second-order valence-electron chi connectivity index (χ2n) is 6.90. The van der Waals surface area contributed by atoms with Crippen LogP contribution in [0.3, 0.4) is 0 Å². The van der Waals surface area contributed by atoms with Crippen LogP contribution in [0.1, 0.15) is 42.6 Å². The van der Waals surface area contributed by atoms with E-state index in [4.69, 9.17) is 0 Å².